The number of ether oxygens (including phenoxy) is 1. The molecule has 0 bridgehead atoms. The van der Waals surface area contributed by atoms with E-state index in [4.69, 9.17) is 4.74 Å². The van der Waals surface area contributed by atoms with Crippen molar-refractivity contribution < 1.29 is 19.4 Å². The zero-order valence-corrected chi connectivity index (χ0v) is 22.1. The van der Waals surface area contributed by atoms with E-state index in [0.29, 0.717) is 29.0 Å². The van der Waals surface area contributed by atoms with E-state index >= 15 is 0 Å². The molecule has 1 fully saturated rings. The van der Waals surface area contributed by atoms with Gasteiger partial charge in [-0.3, -0.25) is 19.5 Å². The zero-order chi connectivity index (χ0) is 27.2. The molecule has 1 amide bonds. The summed E-state index contributed by atoms with van der Waals surface area (Å²) in [5.74, 6) is -0.873. The number of nitrogens with zero attached hydrogens (tertiary/aromatic N) is 3. The molecule has 4 aromatic rings. The number of carbonyl (C=O) groups excluding carboxylic acids is 2. The average Bonchev–Trinajstić information content (AvgIpc) is 3.41. The Hall–Kier alpha value is -4.46. The van der Waals surface area contributed by atoms with E-state index in [1.807, 2.05) is 58.9 Å². The number of fused-ring (bicyclic) bond motifs is 1. The van der Waals surface area contributed by atoms with E-state index < -0.39 is 17.7 Å². The number of pyridine rings is 1. The molecule has 1 aliphatic rings. The fourth-order valence-corrected chi connectivity index (χ4v) is 4.84. The normalized spacial score (nSPS) is 17.4. The number of ketones is 1. The highest BCUT2D eigenvalue weighted by atomic mass is 16.5. The highest BCUT2D eigenvalue weighted by molar-refractivity contribution is 6.51. The monoisotopic (exact) mass is 510 g/mol. The molecule has 1 unspecified atom stereocenters. The number of amides is 1. The second-order valence-electron chi connectivity index (χ2n) is 10.4. The van der Waals surface area contributed by atoms with Gasteiger partial charge in [0.2, 0.25) is 5.95 Å². The summed E-state index contributed by atoms with van der Waals surface area (Å²) >= 11 is 0. The molecule has 2 aromatic heterocycles. The number of aryl methyl sites for hydroxylation is 1. The first-order valence-corrected chi connectivity index (χ1v) is 12.5. The van der Waals surface area contributed by atoms with E-state index in [9.17, 15) is 14.7 Å². The van der Waals surface area contributed by atoms with Crippen LogP contribution in [0.1, 0.15) is 56.0 Å². The van der Waals surface area contributed by atoms with Crippen molar-refractivity contribution in [3.05, 3.63) is 88.8 Å². The number of H-pyrrole nitrogens is 1. The molecule has 2 aromatic carbocycles. The van der Waals surface area contributed by atoms with Crippen LogP contribution in [0.2, 0.25) is 0 Å². The molecule has 8 nitrogen and oxygen atoms in total. The van der Waals surface area contributed by atoms with Crippen LogP contribution in [0.5, 0.6) is 5.75 Å². The van der Waals surface area contributed by atoms with Gasteiger partial charge in [-0.1, -0.05) is 26.8 Å². The van der Waals surface area contributed by atoms with Crippen LogP contribution >= 0.6 is 0 Å². The van der Waals surface area contributed by atoms with Crippen LogP contribution in [-0.2, 0) is 15.0 Å². The van der Waals surface area contributed by atoms with Gasteiger partial charge in [-0.05, 0) is 72.9 Å². The minimum absolute atomic E-state index is 0.0122. The predicted molar refractivity (Wildman–Crippen MR) is 146 cm³/mol. The molecule has 2 N–H and O–H groups in total. The van der Waals surface area contributed by atoms with Crippen molar-refractivity contribution in [2.24, 2.45) is 0 Å². The van der Waals surface area contributed by atoms with Gasteiger partial charge in [0, 0.05) is 23.5 Å². The van der Waals surface area contributed by atoms with Gasteiger partial charge in [0.1, 0.15) is 11.5 Å². The van der Waals surface area contributed by atoms with Crippen LogP contribution in [0.4, 0.5) is 5.95 Å². The number of rotatable bonds is 5. The third-order valence-electron chi connectivity index (χ3n) is 6.68. The van der Waals surface area contributed by atoms with Gasteiger partial charge in [-0.15, -0.1) is 0 Å². The number of aromatic amines is 1. The largest absolute Gasteiger partial charge is 0.507 e. The highest BCUT2D eigenvalue weighted by Crippen LogP contribution is 2.42. The SMILES string of the molecule is CCOc1ccc(/C(O)=C2\C(=O)C(=O)N(c3nc4ccc(C)cc4[nH]3)C2c2ccncc2)cc1C(C)(C)C. The van der Waals surface area contributed by atoms with E-state index in [2.05, 4.69) is 15.0 Å². The minimum atomic E-state index is -0.899. The number of hydrogen-bond acceptors (Lipinski definition) is 6. The van der Waals surface area contributed by atoms with Crippen LogP contribution in [0.3, 0.4) is 0 Å². The third-order valence-corrected chi connectivity index (χ3v) is 6.68. The average molecular weight is 511 g/mol. The van der Waals surface area contributed by atoms with Gasteiger partial charge in [0.15, 0.2) is 0 Å². The van der Waals surface area contributed by atoms with Crippen molar-refractivity contribution in [2.75, 3.05) is 11.5 Å². The maximum absolute atomic E-state index is 13.5. The van der Waals surface area contributed by atoms with E-state index in [1.165, 1.54) is 4.90 Å². The van der Waals surface area contributed by atoms with Crippen molar-refractivity contribution in [1.82, 2.24) is 15.0 Å². The third kappa shape index (κ3) is 4.32. The van der Waals surface area contributed by atoms with Crippen LogP contribution < -0.4 is 9.64 Å². The van der Waals surface area contributed by atoms with Crippen molar-refractivity contribution in [3.63, 3.8) is 0 Å². The summed E-state index contributed by atoms with van der Waals surface area (Å²) in [6.45, 7) is 10.5. The molecular weight excluding hydrogens is 480 g/mol. The minimum Gasteiger partial charge on any atom is -0.507 e. The maximum Gasteiger partial charge on any atom is 0.302 e. The number of anilines is 1. The summed E-state index contributed by atoms with van der Waals surface area (Å²) in [5, 5.41) is 11.6. The smallest absolute Gasteiger partial charge is 0.302 e. The Balaban J connectivity index is 1.71. The Kier molecular flexibility index (Phi) is 6.26. The highest BCUT2D eigenvalue weighted by Gasteiger charge is 2.48. The second-order valence-corrected chi connectivity index (χ2v) is 10.4. The number of imidazole rings is 1. The molecule has 0 radical (unpaired) electrons. The Morgan fingerprint density at radius 3 is 2.50 bits per heavy atom. The Morgan fingerprint density at radius 2 is 1.82 bits per heavy atom. The molecule has 1 aliphatic heterocycles. The molecule has 0 spiro atoms. The van der Waals surface area contributed by atoms with Gasteiger partial charge in [-0.25, -0.2) is 4.98 Å². The topological polar surface area (TPSA) is 108 Å². The van der Waals surface area contributed by atoms with Crippen molar-refractivity contribution in [3.8, 4) is 5.75 Å². The van der Waals surface area contributed by atoms with Crippen LogP contribution in [0.15, 0.2) is 66.5 Å². The Labute approximate surface area is 221 Å². The summed E-state index contributed by atoms with van der Waals surface area (Å²) < 4.78 is 5.82. The number of carbonyl (C=O) groups is 2. The molecule has 194 valence electrons. The number of aliphatic hydroxyl groups is 1. The lowest BCUT2D eigenvalue weighted by atomic mass is 9.84. The zero-order valence-electron chi connectivity index (χ0n) is 22.1. The Morgan fingerprint density at radius 1 is 1.08 bits per heavy atom. The predicted octanol–water partition coefficient (Wildman–Crippen LogP) is 5.59. The fraction of sp³-hybridized carbons (Fsp3) is 0.267. The quantitative estimate of drug-likeness (QED) is 0.206. The van der Waals surface area contributed by atoms with E-state index in [-0.39, 0.29) is 22.7 Å². The van der Waals surface area contributed by atoms with E-state index in [1.54, 1.807) is 36.7 Å². The molecule has 0 saturated carbocycles. The fourth-order valence-electron chi connectivity index (χ4n) is 4.84. The van der Waals surface area contributed by atoms with Gasteiger partial charge in [0.05, 0.1) is 29.3 Å². The molecule has 1 saturated heterocycles. The summed E-state index contributed by atoms with van der Waals surface area (Å²) in [6, 6.07) is 13.6. The molecule has 3 heterocycles. The summed E-state index contributed by atoms with van der Waals surface area (Å²) in [4.78, 5) is 40.2. The lowest BCUT2D eigenvalue weighted by molar-refractivity contribution is -0.132. The molecule has 8 heteroatoms. The van der Waals surface area contributed by atoms with Crippen LogP contribution in [0.25, 0.3) is 16.8 Å². The summed E-state index contributed by atoms with van der Waals surface area (Å²) in [6.07, 6.45) is 3.18. The molecule has 0 aliphatic carbocycles. The van der Waals surface area contributed by atoms with Crippen molar-refractivity contribution in [1.29, 1.82) is 0 Å². The number of nitrogens with one attached hydrogen (secondary N) is 1. The van der Waals surface area contributed by atoms with Gasteiger partial charge in [-0.2, -0.15) is 0 Å². The second kappa shape index (κ2) is 9.45. The molecule has 1 atom stereocenters. The van der Waals surface area contributed by atoms with Gasteiger partial charge < -0.3 is 14.8 Å². The number of hydrogen-bond donors (Lipinski definition) is 2. The molecule has 5 rings (SSSR count). The first kappa shape index (κ1) is 25.2. The first-order valence-electron chi connectivity index (χ1n) is 12.5. The lowest BCUT2D eigenvalue weighted by Crippen LogP contribution is -2.30. The van der Waals surface area contributed by atoms with E-state index in [0.717, 1.165) is 16.6 Å². The van der Waals surface area contributed by atoms with Crippen LogP contribution in [0, 0.1) is 6.92 Å². The number of Topliss-reactive ketones (excluding diaryl/α,β-unsaturated/α-hetero) is 1. The maximum atomic E-state index is 13.5. The van der Waals surface area contributed by atoms with Gasteiger partial charge >= 0.3 is 5.91 Å². The first-order chi connectivity index (χ1) is 18.1. The number of aliphatic hydroxyl groups excluding tert-OH is 1. The van der Waals surface area contributed by atoms with Crippen molar-refractivity contribution in [2.45, 2.75) is 46.1 Å². The standard InChI is InChI=1S/C30H30N4O4/c1-6-38-23-10-8-19(16-20(23)30(3,4)5)26(35)24-25(18-11-13-31-14-12-18)34(28(37)27(24)36)29-32-21-9-7-17(2)15-22(21)33-29/h7-16,25,35H,6H2,1-5H3,(H,32,33)/b26-24+. The van der Waals surface area contributed by atoms with Gasteiger partial charge in [0.25, 0.3) is 5.78 Å². The summed E-state index contributed by atoms with van der Waals surface area (Å²) in [5.41, 5.74) is 4.08. The Bertz CT molecular complexity index is 1580. The number of aromatic nitrogens is 3. The molecular formula is C30H30N4O4. The summed E-state index contributed by atoms with van der Waals surface area (Å²) in [7, 11) is 0. The lowest BCUT2D eigenvalue weighted by Gasteiger charge is -2.24. The van der Waals surface area contributed by atoms with Crippen LogP contribution in [-0.4, -0.2) is 38.4 Å². The van der Waals surface area contributed by atoms with Crippen molar-refractivity contribution >= 4 is 34.4 Å². The number of benzene rings is 2. The molecule has 38 heavy (non-hydrogen) atoms.